The number of rotatable bonds is 9. The quantitative estimate of drug-likeness (QED) is 0.140. The van der Waals surface area contributed by atoms with Crippen LogP contribution in [0.2, 0.25) is 0 Å². The normalized spacial score (nSPS) is 21.2. The number of carbonyl (C=O) groups is 3. The number of piperidine rings is 3. The van der Waals surface area contributed by atoms with Gasteiger partial charge in [0.25, 0.3) is 5.91 Å². The van der Waals surface area contributed by atoms with Gasteiger partial charge in [0.1, 0.15) is 17.1 Å². The Kier molecular flexibility index (Phi) is 10.8. The number of hydrogen-bond acceptors (Lipinski definition) is 10. The lowest BCUT2D eigenvalue weighted by atomic mass is 9.86. The van der Waals surface area contributed by atoms with Crippen LogP contribution < -0.4 is 20.9 Å². The number of likely N-dealkylation sites (tertiary alicyclic amines) is 2. The van der Waals surface area contributed by atoms with Crippen LogP contribution in [0.25, 0.3) is 22.3 Å². The molecular weight excluding hydrogens is 800 g/mol. The molecule has 1 aliphatic carbocycles. The SMILES string of the molecule is Cc1cc(C(=O)N2CCC(F)(CN3CCC(n4cc(C5CC5)c5cc(N6CCC(=O)NC6=O)cnc54)CC3)CC2)ccc1[C@H]1CCCN(c2cc(-c3ccccc3O)nnc2N)C1. The Balaban J connectivity index is 0.738. The van der Waals surface area contributed by atoms with Crippen molar-refractivity contribution in [3.63, 3.8) is 0 Å². The number of imide groups is 1. The summed E-state index contributed by atoms with van der Waals surface area (Å²) in [6.45, 7) is 6.68. The van der Waals surface area contributed by atoms with Gasteiger partial charge in [0.2, 0.25) is 5.91 Å². The number of aromatic hydroxyl groups is 1. The molecule has 14 nitrogen and oxygen atoms in total. The summed E-state index contributed by atoms with van der Waals surface area (Å²) in [6, 6.07) is 16.9. The molecule has 10 rings (SSSR count). The Morgan fingerprint density at radius 1 is 0.921 bits per heavy atom. The average molecular weight is 855 g/mol. The van der Waals surface area contributed by atoms with Gasteiger partial charge in [0.05, 0.1) is 23.3 Å². The van der Waals surface area contributed by atoms with Crippen LogP contribution in [0.4, 0.5) is 26.4 Å². The third-order valence-corrected chi connectivity index (χ3v) is 14.2. The molecule has 15 heteroatoms. The molecule has 3 aromatic heterocycles. The van der Waals surface area contributed by atoms with Gasteiger partial charge in [-0.25, -0.2) is 14.2 Å². The number of amides is 4. The van der Waals surface area contributed by atoms with Crippen LogP contribution in [-0.4, -0.2) is 111 Å². The molecule has 5 fully saturated rings. The summed E-state index contributed by atoms with van der Waals surface area (Å²) in [5.41, 5.74) is 12.7. The predicted octanol–water partition coefficient (Wildman–Crippen LogP) is 7.08. The van der Waals surface area contributed by atoms with E-state index in [2.05, 4.69) is 55.1 Å². The number of nitrogens with zero attached hydrogens (tertiary/aromatic N) is 8. The van der Waals surface area contributed by atoms with Gasteiger partial charge in [-0.05, 0) is 104 Å². The zero-order chi connectivity index (χ0) is 43.4. The maximum Gasteiger partial charge on any atom is 0.328 e. The smallest absolute Gasteiger partial charge is 0.328 e. The Morgan fingerprint density at radius 3 is 2.46 bits per heavy atom. The van der Waals surface area contributed by atoms with E-state index in [1.165, 1.54) is 11.1 Å². The van der Waals surface area contributed by atoms with E-state index >= 15 is 4.39 Å². The van der Waals surface area contributed by atoms with Gasteiger partial charge in [0, 0.05) is 106 Å². The Hall–Kier alpha value is -6.09. The number of pyridine rings is 1. The Morgan fingerprint density at radius 2 is 1.71 bits per heavy atom. The first-order chi connectivity index (χ1) is 30.5. The number of alkyl halides is 1. The fourth-order valence-electron chi connectivity index (χ4n) is 10.5. The molecule has 0 unspecified atom stereocenters. The number of urea groups is 1. The van der Waals surface area contributed by atoms with Crippen molar-refractivity contribution in [3.8, 4) is 17.0 Å². The minimum absolute atomic E-state index is 0.0512. The van der Waals surface area contributed by atoms with Gasteiger partial charge in [-0.3, -0.25) is 19.8 Å². The van der Waals surface area contributed by atoms with Crippen molar-refractivity contribution in [1.82, 2.24) is 34.9 Å². The lowest BCUT2D eigenvalue weighted by Gasteiger charge is -2.41. The molecule has 328 valence electrons. The third-order valence-electron chi connectivity index (χ3n) is 14.2. The highest BCUT2D eigenvalue weighted by molar-refractivity contribution is 6.06. The number of aryl methyl sites for hydroxylation is 1. The molecular formula is C48H55FN10O4. The van der Waals surface area contributed by atoms with E-state index < -0.39 is 11.7 Å². The van der Waals surface area contributed by atoms with E-state index in [1.807, 2.05) is 35.2 Å². The standard InChI is InChI=1S/C48H55FN10O4/c1-30-23-32(10-11-36(30)33-5-4-17-57(27-33)41-25-40(53-54-44(41)50)37-6-2-3-7-42(37)60)46(62)56-21-15-48(49,16-22-56)29-55-18-12-34(13-19-55)59-28-39(31-8-9-31)38-24-35(26-51-45(38)59)58-20-14-43(61)52-47(58)63/h2-3,6-7,10-11,23-26,28,31,33-34,60H,4-5,8-9,12-22,27,29H2,1H3,(H2,50,54)(H,52,61,63)/t33-/m0/s1. The first-order valence-corrected chi connectivity index (χ1v) is 22.6. The topological polar surface area (TPSA) is 166 Å². The number of halogens is 1. The lowest BCUT2D eigenvalue weighted by molar-refractivity contribution is -0.120. The third kappa shape index (κ3) is 8.18. The first-order valence-electron chi connectivity index (χ1n) is 22.6. The van der Waals surface area contributed by atoms with Crippen molar-refractivity contribution in [2.24, 2.45) is 0 Å². The Bertz CT molecular complexity index is 2580. The number of fused-ring (bicyclic) bond motifs is 1. The van der Waals surface area contributed by atoms with E-state index in [9.17, 15) is 19.5 Å². The second-order valence-electron chi connectivity index (χ2n) is 18.4. The van der Waals surface area contributed by atoms with Gasteiger partial charge in [-0.1, -0.05) is 18.2 Å². The molecule has 5 aliphatic rings. The molecule has 7 heterocycles. The van der Waals surface area contributed by atoms with Gasteiger partial charge in [0.15, 0.2) is 5.82 Å². The number of para-hydroxylation sites is 1. The van der Waals surface area contributed by atoms with Gasteiger partial charge in [-0.2, -0.15) is 0 Å². The number of aromatic nitrogens is 4. The van der Waals surface area contributed by atoms with E-state index in [4.69, 9.17) is 10.7 Å². The van der Waals surface area contributed by atoms with E-state index in [-0.39, 0.29) is 35.9 Å². The Labute approximate surface area is 366 Å². The molecule has 0 bridgehead atoms. The number of phenolic OH excluding ortho intramolecular Hbond substituents is 1. The molecule has 0 radical (unpaired) electrons. The highest BCUT2D eigenvalue weighted by Crippen LogP contribution is 2.46. The molecule has 5 aromatic rings. The van der Waals surface area contributed by atoms with Crippen molar-refractivity contribution in [2.45, 2.75) is 88.3 Å². The van der Waals surface area contributed by atoms with E-state index in [1.54, 1.807) is 23.2 Å². The van der Waals surface area contributed by atoms with Crippen LogP contribution in [0, 0.1) is 6.92 Å². The van der Waals surface area contributed by atoms with Crippen molar-refractivity contribution < 1.29 is 23.9 Å². The zero-order valence-corrected chi connectivity index (χ0v) is 35.8. The van der Waals surface area contributed by atoms with Crippen molar-refractivity contribution in [2.75, 3.05) is 67.9 Å². The molecule has 4 amide bonds. The van der Waals surface area contributed by atoms with Crippen LogP contribution in [0.5, 0.6) is 5.75 Å². The molecule has 1 saturated carbocycles. The van der Waals surface area contributed by atoms with Crippen molar-refractivity contribution in [3.05, 3.63) is 89.2 Å². The molecule has 63 heavy (non-hydrogen) atoms. The number of carbonyl (C=O) groups excluding carboxylic acids is 3. The predicted molar refractivity (Wildman–Crippen MR) is 240 cm³/mol. The number of nitrogen functional groups attached to an aromatic ring is 1. The molecule has 0 spiro atoms. The number of anilines is 3. The second kappa shape index (κ2) is 16.6. The minimum Gasteiger partial charge on any atom is -0.507 e. The molecule has 2 aromatic carbocycles. The van der Waals surface area contributed by atoms with Gasteiger partial charge in [-0.15, -0.1) is 10.2 Å². The van der Waals surface area contributed by atoms with Crippen LogP contribution in [0.1, 0.15) is 103 Å². The van der Waals surface area contributed by atoms with Crippen LogP contribution in [0.3, 0.4) is 0 Å². The molecule has 4 aliphatic heterocycles. The van der Waals surface area contributed by atoms with Crippen molar-refractivity contribution in [1.29, 1.82) is 0 Å². The summed E-state index contributed by atoms with van der Waals surface area (Å²) in [6.07, 6.45) is 10.9. The monoisotopic (exact) mass is 854 g/mol. The van der Waals surface area contributed by atoms with Crippen molar-refractivity contribution >= 4 is 46.1 Å². The maximum atomic E-state index is 16.5. The fourth-order valence-corrected chi connectivity index (χ4v) is 10.5. The number of phenols is 1. The molecule has 4 N–H and O–H groups in total. The fraction of sp³-hybridized carbons (Fsp3) is 0.458. The first kappa shape index (κ1) is 41.0. The summed E-state index contributed by atoms with van der Waals surface area (Å²) >= 11 is 0. The van der Waals surface area contributed by atoms with Crippen LogP contribution in [-0.2, 0) is 4.79 Å². The molecule has 1 atom stereocenters. The summed E-state index contributed by atoms with van der Waals surface area (Å²) in [4.78, 5) is 50.9. The van der Waals surface area contributed by atoms with E-state index in [0.717, 1.165) is 87.0 Å². The largest absolute Gasteiger partial charge is 0.507 e. The summed E-state index contributed by atoms with van der Waals surface area (Å²) in [5, 5.41) is 22.4. The summed E-state index contributed by atoms with van der Waals surface area (Å²) < 4.78 is 18.8. The number of benzene rings is 2. The summed E-state index contributed by atoms with van der Waals surface area (Å²) in [7, 11) is 0. The van der Waals surface area contributed by atoms with Crippen LogP contribution in [0.15, 0.2) is 67.0 Å². The highest BCUT2D eigenvalue weighted by atomic mass is 19.1. The van der Waals surface area contributed by atoms with E-state index in [0.29, 0.717) is 73.3 Å². The number of nitrogens with one attached hydrogen (secondary N) is 1. The van der Waals surface area contributed by atoms with Gasteiger partial charge < -0.3 is 30.1 Å². The van der Waals surface area contributed by atoms with Crippen LogP contribution >= 0.6 is 0 Å². The molecule has 4 saturated heterocycles. The minimum atomic E-state index is -1.35. The maximum absolute atomic E-state index is 16.5. The second-order valence-corrected chi connectivity index (χ2v) is 18.4. The zero-order valence-electron chi connectivity index (χ0n) is 35.8. The number of hydrogen-bond donors (Lipinski definition) is 3. The van der Waals surface area contributed by atoms with Gasteiger partial charge >= 0.3 is 6.03 Å². The lowest BCUT2D eigenvalue weighted by Crippen LogP contribution is -2.51. The summed E-state index contributed by atoms with van der Waals surface area (Å²) in [5.74, 6) is 0.904. The highest BCUT2D eigenvalue weighted by Gasteiger charge is 2.39. The number of nitrogens with two attached hydrogens (primary N) is 1. The average Bonchev–Trinajstić information content (AvgIpc) is 4.07.